The molecule has 0 aliphatic heterocycles. The molecule has 0 N–H and O–H groups in total. The molecule has 0 amide bonds. The first-order valence-electron chi connectivity index (χ1n) is 9.25. The topological polar surface area (TPSA) is 47.8 Å². The maximum atomic E-state index is 13.1. The summed E-state index contributed by atoms with van der Waals surface area (Å²) in [7, 11) is 0. The summed E-state index contributed by atoms with van der Waals surface area (Å²) in [4.78, 5) is 17.3. The van der Waals surface area contributed by atoms with Gasteiger partial charge < -0.3 is 0 Å². The van der Waals surface area contributed by atoms with Crippen LogP contribution in [0.15, 0.2) is 47.3 Å². The summed E-state index contributed by atoms with van der Waals surface area (Å²) in [5.41, 5.74) is 3.04. The van der Waals surface area contributed by atoms with Gasteiger partial charge >= 0.3 is 6.18 Å². The van der Waals surface area contributed by atoms with Gasteiger partial charge in [-0.15, -0.1) is 11.3 Å². The van der Waals surface area contributed by atoms with Crippen LogP contribution in [0.4, 0.5) is 13.2 Å². The van der Waals surface area contributed by atoms with Gasteiger partial charge in [-0.25, -0.2) is 9.67 Å². The van der Waals surface area contributed by atoms with Gasteiger partial charge in [-0.1, -0.05) is 35.9 Å². The average molecular weight is 429 g/mol. The zero-order valence-electron chi connectivity index (χ0n) is 16.5. The summed E-state index contributed by atoms with van der Waals surface area (Å²) in [5, 5.41) is 5.28. The van der Waals surface area contributed by atoms with Gasteiger partial charge in [-0.05, 0) is 44.0 Å². The summed E-state index contributed by atoms with van der Waals surface area (Å²) in [6.45, 7) is 5.69. The second kappa shape index (κ2) is 7.36. The Morgan fingerprint density at radius 1 is 1.07 bits per heavy atom. The van der Waals surface area contributed by atoms with E-state index in [0.29, 0.717) is 16.0 Å². The molecule has 0 saturated heterocycles. The molecule has 154 valence electrons. The maximum Gasteiger partial charge on any atom is 0.416 e. The van der Waals surface area contributed by atoms with E-state index in [4.69, 9.17) is 0 Å². The Balaban J connectivity index is 1.89. The van der Waals surface area contributed by atoms with Gasteiger partial charge in [-0.3, -0.25) is 4.79 Å². The highest BCUT2D eigenvalue weighted by Gasteiger charge is 2.30. The van der Waals surface area contributed by atoms with Crippen LogP contribution < -0.4 is 5.56 Å². The van der Waals surface area contributed by atoms with Crippen molar-refractivity contribution >= 4 is 21.6 Å². The number of aromatic nitrogens is 3. The lowest BCUT2D eigenvalue weighted by Crippen LogP contribution is -2.24. The van der Waals surface area contributed by atoms with Crippen molar-refractivity contribution in [2.24, 2.45) is 0 Å². The number of thiazole rings is 1. The smallest absolute Gasteiger partial charge is 0.265 e. The van der Waals surface area contributed by atoms with Crippen LogP contribution in [0.5, 0.6) is 0 Å². The third-order valence-electron chi connectivity index (χ3n) is 4.83. The predicted octanol–water partition coefficient (Wildman–Crippen LogP) is 5.51. The van der Waals surface area contributed by atoms with Gasteiger partial charge in [-0.2, -0.15) is 18.3 Å². The molecular formula is C22H18F3N3OS. The van der Waals surface area contributed by atoms with Crippen molar-refractivity contribution in [2.75, 3.05) is 0 Å². The fourth-order valence-electron chi connectivity index (χ4n) is 3.45. The van der Waals surface area contributed by atoms with Crippen LogP contribution in [-0.4, -0.2) is 14.8 Å². The van der Waals surface area contributed by atoms with E-state index in [9.17, 15) is 18.0 Å². The number of hydrogen-bond donors (Lipinski definition) is 0. The minimum atomic E-state index is -4.45. The highest BCUT2D eigenvalue weighted by Crippen LogP contribution is 2.32. The van der Waals surface area contributed by atoms with E-state index in [1.165, 1.54) is 22.1 Å². The number of aryl methyl sites for hydroxylation is 3. The van der Waals surface area contributed by atoms with E-state index in [-0.39, 0.29) is 12.1 Å². The molecule has 0 aliphatic carbocycles. The first-order valence-corrected chi connectivity index (χ1v) is 10.1. The molecular weight excluding hydrogens is 411 g/mol. The molecule has 0 spiro atoms. The van der Waals surface area contributed by atoms with Crippen molar-refractivity contribution in [3.05, 3.63) is 80.1 Å². The van der Waals surface area contributed by atoms with Crippen LogP contribution in [0.3, 0.4) is 0 Å². The summed E-state index contributed by atoms with van der Waals surface area (Å²) < 4.78 is 41.1. The molecule has 0 bridgehead atoms. The maximum absolute atomic E-state index is 13.1. The van der Waals surface area contributed by atoms with Crippen molar-refractivity contribution in [3.63, 3.8) is 0 Å². The predicted molar refractivity (Wildman–Crippen MR) is 112 cm³/mol. The zero-order valence-corrected chi connectivity index (χ0v) is 17.4. The molecule has 4 aromatic rings. The van der Waals surface area contributed by atoms with Crippen molar-refractivity contribution in [1.82, 2.24) is 14.8 Å². The molecule has 0 atom stereocenters. The molecule has 4 rings (SSSR count). The highest BCUT2D eigenvalue weighted by atomic mass is 32.1. The second-order valence-corrected chi connectivity index (χ2v) is 8.44. The van der Waals surface area contributed by atoms with Gasteiger partial charge in [0.15, 0.2) is 5.52 Å². The summed E-state index contributed by atoms with van der Waals surface area (Å²) in [6, 6.07) is 10.9. The third-order valence-corrected chi connectivity index (χ3v) is 5.81. The van der Waals surface area contributed by atoms with Gasteiger partial charge in [0.25, 0.3) is 5.56 Å². The molecule has 30 heavy (non-hydrogen) atoms. The van der Waals surface area contributed by atoms with Crippen molar-refractivity contribution < 1.29 is 13.2 Å². The van der Waals surface area contributed by atoms with Gasteiger partial charge in [0, 0.05) is 5.56 Å². The Labute approximate surface area is 174 Å². The standard InChI is InChI=1S/C22H18F3N3OS/c1-12-7-8-17(13(2)9-12)18-20-19(26-14(3)30-20)21(29)28(27-18)11-15-5-4-6-16(10-15)22(23,24)25/h4-10H,11H2,1-3H3. The summed E-state index contributed by atoms with van der Waals surface area (Å²) >= 11 is 1.39. The van der Waals surface area contributed by atoms with Crippen LogP contribution in [0.2, 0.25) is 0 Å². The fraction of sp³-hybridized carbons (Fsp3) is 0.227. The Morgan fingerprint density at radius 3 is 2.53 bits per heavy atom. The molecule has 2 heterocycles. The minimum Gasteiger partial charge on any atom is -0.265 e. The molecule has 2 aromatic carbocycles. The molecule has 4 nitrogen and oxygen atoms in total. The fourth-order valence-corrected chi connectivity index (χ4v) is 4.36. The molecule has 0 aliphatic rings. The Kier molecular flexibility index (Phi) is 4.97. The van der Waals surface area contributed by atoms with E-state index in [0.717, 1.165) is 33.8 Å². The molecule has 0 fully saturated rings. The van der Waals surface area contributed by atoms with Crippen LogP contribution in [0.1, 0.15) is 27.3 Å². The van der Waals surface area contributed by atoms with E-state index in [1.807, 2.05) is 39.0 Å². The average Bonchev–Trinajstić information content (AvgIpc) is 3.06. The number of hydrogen-bond acceptors (Lipinski definition) is 4. The largest absolute Gasteiger partial charge is 0.416 e. The number of benzene rings is 2. The van der Waals surface area contributed by atoms with Crippen molar-refractivity contribution in [3.8, 4) is 11.3 Å². The van der Waals surface area contributed by atoms with E-state index >= 15 is 0 Å². The Hall–Kier alpha value is -3.00. The first kappa shape index (κ1) is 20.3. The molecule has 2 aromatic heterocycles. The lowest BCUT2D eigenvalue weighted by Gasteiger charge is -2.12. The van der Waals surface area contributed by atoms with Crippen LogP contribution in [-0.2, 0) is 12.7 Å². The molecule has 0 saturated carbocycles. The van der Waals surface area contributed by atoms with E-state index < -0.39 is 17.3 Å². The van der Waals surface area contributed by atoms with Gasteiger partial charge in [0.1, 0.15) is 5.69 Å². The molecule has 0 radical (unpaired) electrons. The van der Waals surface area contributed by atoms with Crippen molar-refractivity contribution in [1.29, 1.82) is 0 Å². The number of rotatable bonds is 3. The van der Waals surface area contributed by atoms with Crippen molar-refractivity contribution in [2.45, 2.75) is 33.5 Å². The van der Waals surface area contributed by atoms with Crippen LogP contribution >= 0.6 is 11.3 Å². The van der Waals surface area contributed by atoms with E-state index in [1.54, 1.807) is 6.07 Å². The second-order valence-electron chi connectivity index (χ2n) is 7.24. The lowest BCUT2D eigenvalue weighted by atomic mass is 10.0. The lowest BCUT2D eigenvalue weighted by molar-refractivity contribution is -0.137. The monoisotopic (exact) mass is 429 g/mol. The minimum absolute atomic E-state index is 0.0762. The third kappa shape index (κ3) is 3.75. The summed E-state index contributed by atoms with van der Waals surface area (Å²) in [6.07, 6.45) is -4.45. The van der Waals surface area contributed by atoms with E-state index in [2.05, 4.69) is 10.1 Å². The number of alkyl halides is 3. The van der Waals surface area contributed by atoms with Crippen LogP contribution in [0.25, 0.3) is 21.5 Å². The highest BCUT2D eigenvalue weighted by molar-refractivity contribution is 7.19. The van der Waals surface area contributed by atoms with Gasteiger partial charge in [0.2, 0.25) is 0 Å². The number of fused-ring (bicyclic) bond motifs is 1. The first-order chi connectivity index (χ1) is 14.1. The number of halogens is 3. The quantitative estimate of drug-likeness (QED) is 0.431. The van der Waals surface area contributed by atoms with Crippen LogP contribution in [0, 0.1) is 20.8 Å². The normalized spacial score (nSPS) is 11.9. The molecule has 0 unspecified atom stereocenters. The SMILES string of the molecule is Cc1ccc(-c2nn(Cc3cccc(C(F)(F)F)c3)c(=O)c3nc(C)sc23)c(C)c1. The summed E-state index contributed by atoms with van der Waals surface area (Å²) in [5.74, 6) is 0. The number of nitrogens with zero attached hydrogens (tertiary/aromatic N) is 3. The zero-order chi connectivity index (χ0) is 21.6. The Bertz CT molecular complexity index is 1320. The Morgan fingerprint density at radius 2 is 1.83 bits per heavy atom. The van der Waals surface area contributed by atoms with Gasteiger partial charge in [0.05, 0.1) is 21.8 Å². The molecule has 8 heteroatoms.